The molecule has 0 saturated heterocycles. The van der Waals surface area contributed by atoms with E-state index in [1.165, 1.54) is 64.2 Å². The van der Waals surface area contributed by atoms with Crippen molar-refractivity contribution in [1.29, 1.82) is 0 Å². The van der Waals surface area contributed by atoms with Crippen molar-refractivity contribution in [3.05, 3.63) is 18.1 Å². The summed E-state index contributed by atoms with van der Waals surface area (Å²) in [4.78, 5) is 0. The van der Waals surface area contributed by atoms with E-state index in [2.05, 4.69) is 40.2 Å². The van der Waals surface area contributed by atoms with Crippen LogP contribution < -0.4 is 0 Å². The van der Waals surface area contributed by atoms with Gasteiger partial charge in [-0.25, -0.2) is 0 Å². The van der Waals surface area contributed by atoms with E-state index in [0.717, 1.165) is 29.6 Å². The van der Waals surface area contributed by atoms with Gasteiger partial charge in [0.1, 0.15) is 0 Å². The topological polar surface area (TPSA) is 0 Å². The van der Waals surface area contributed by atoms with Crippen molar-refractivity contribution in [2.24, 2.45) is 40.4 Å². The highest BCUT2D eigenvalue weighted by molar-refractivity contribution is 5.26. The summed E-state index contributed by atoms with van der Waals surface area (Å²) >= 11 is 0. The summed E-state index contributed by atoms with van der Waals surface area (Å²) in [5.74, 6) is 4.94. The first-order valence-electron chi connectivity index (χ1n) is 11.0. The molecule has 0 aromatic rings. The van der Waals surface area contributed by atoms with E-state index >= 15 is 0 Å². The zero-order valence-electron chi connectivity index (χ0n) is 16.6. The summed E-state index contributed by atoms with van der Waals surface area (Å²) in [6, 6.07) is 0. The van der Waals surface area contributed by atoms with Crippen LogP contribution in [0.3, 0.4) is 0 Å². The standard InChI is InChI=1S/C24H39/c1-5-8-17(2)20-12-13-21-19-11-10-18-9-6-7-15-23(18,3)22(19)14-16-24(20,21)4/h6,10,17,19-22H,5,7-9,11-16H2,1-4H3/t17-,19+,20-,21+,22+,23+,24-/m1/s1. The molecule has 0 aromatic carbocycles. The highest BCUT2D eigenvalue weighted by atomic mass is 14.6. The van der Waals surface area contributed by atoms with Gasteiger partial charge < -0.3 is 0 Å². The third-order valence-corrected chi connectivity index (χ3v) is 9.36. The zero-order chi connectivity index (χ0) is 16.9. The minimum atomic E-state index is 0.548. The molecular weight excluding hydrogens is 288 g/mol. The molecule has 4 aliphatic carbocycles. The largest absolute Gasteiger partial charge is 0.0845 e. The number of hydrogen-bond donors (Lipinski definition) is 0. The van der Waals surface area contributed by atoms with Gasteiger partial charge in [0.15, 0.2) is 0 Å². The maximum absolute atomic E-state index is 2.70. The Kier molecular flexibility index (Phi) is 4.41. The summed E-state index contributed by atoms with van der Waals surface area (Å²) < 4.78 is 0. The van der Waals surface area contributed by atoms with Crippen LogP contribution in [0.15, 0.2) is 11.6 Å². The first-order chi connectivity index (χ1) is 11.5. The van der Waals surface area contributed by atoms with Gasteiger partial charge >= 0.3 is 0 Å². The molecule has 0 unspecified atom stereocenters. The Labute approximate surface area is 150 Å². The Morgan fingerprint density at radius 1 is 1.12 bits per heavy atom. The second-order valence-electron chi connectivity index (χ2n) is 10.3. The van der Waals surface area contributed by atoms with E-state index in [9.17, 15) is 0 Å². The van der Waals surface area contributed by atoms with Crippen LogP contribution in [0.4, 0.5) is 0 Å². The maximum atomic E-state index is 2.70. The van der Waals surface area contributed by atoms with Gasteiger partial charge in [0.25, 0.3) is 0 Å². The molecule has 24 heavy (non-hydrogen) atoms. The van der Waals surface area contributed by atoms with E-state index in [0.29, 0.717) is 10.8 Å². The van der Waals surface area contributed by atoms with Gasteiger partial charge in [-0.2, -0.15) is 0 Å². The van der Waals surface area contributed by atoms with Crippen LogP contribution in [-0.4, -0.2) is 0 Å². The highest BCUT2D eigenvalue weighted by Crippen LogP contribution is 2.67. The lowest BCUT2D eigenvalue weighted by molar-refractivity contribution is -0.0481. The maximum Gasteiger partial charge on any atom is -0.00851 e. The van der Waals surface area contributed by atoms with Crippen LogP contribution in [0.1, 0.15) is 91.9 Å². The Morgan fingerprint density at radius 3 is 2.75 bits per heavy atom. The summed E-state index contributed by atoms with van der Waals surface area (Å²) in [6.45, 7) is 10.3. The quantitative estimate of drug-likeness (QED) is 0.480. The molecule has 0 aliphatic heterocycles. The monoisotopic (exact) mass is 327 g/mol. The van der Waals surface area contributed by atoms with Gasteiger partial charge in [0, 0.05) is 0 Å². The summed E-state index contributed by atoms with van der Waals surface area (Å²) in [5.41, 5.74) is 3.01. The predicted molar refractivity (Wildman–Crippen MR) is 104 cm³/mol. The predicted octanol–water partition coefficient (Wildman–Crippen LogP) is 7.21. The molecular formula is C24H39. The van der Waals surface area contributed by atoms with Crippen LogP contribution in [0.25, 0.3) is 0 Å². The first-order valence-corrected chi connectivity index (χ1v) is 11.0. The summed E-state index contributed by atoms with van der Waals surface area (Å²) in [7, 11) is 0. The summed E-state index contributed by atoms with van der Waals surface area (Å²) in [5, 5.41) is 0. The molecule has 0 heteroatoms. The van der Waals surface area contributed by atoms with Crippen molar-refractivity contribution < 1.29 is 0 Å². The van der Waals surface area contributed by atoms with E-state index in [1.807, 2.05) is 5.57 Å². The van der Waals surface area contributed by atoms with Crippen LogP contribution in [0, 0.1) is 46.8 Å². The normalized spacial score (nSPS) is 48.9. The third kappa shape index (κ3) is 2.38. The molecule has 0 N–H and O–H groups in total. The van der Waals surface area contributed by atoms with Gasteiger partial charge in [-0.05, 0) is 98.2 Å². The van der Waals surface area contributed by atoms with Crippen LogP contribution in [-0.2, 0) is 0 Å². The third-order valence-electron chi connectivity index (χ3n) is 9.36. The number of hydrogen-bond acceptors (Lipinski definition) is 0. The molecule has 0 spiro atoms. The molecule has 0 bridgehead atoms. The minimum absolute atomic E-state index is 0.548. The van der Waals surface area contributed by atoms with Gasteiger partial charge in [-0.3, -0.25) is 0 Å². The van der Waals surface area contributed by atoms with Crippen LogP contribution in [0.5, 0.6) is 0 Å². The average Bonchev–Trinajstić information content (AvgIpc) is 2.92. The van der Waals surface area contributed by atoms with Crippen molar-refractivity contribution in [2.45, 2.75) is 91.9 Å². The van der Waals surface area contributed by atoms with Crippen molar-refractivity contribution in [1.82, 2.24) is 0 Å². The van der Waals surface area contributed by atoms with Gasteiger partial charge in [-0.15, -0.1) is 0 Å². The fourth-order valence-corrected chi connectivity index (χ4v) is 8.11. The van der Waals surface area contributed by atoms with Gasteiger partial charge in [-0.1, -0.05) is 52.2 Å². The van der Waals surface area contributed by atoms with Crippen molar-refractivity contribution >= 4 is 0 Å². The number of allylic oxidation sites excluding steroid dienone is 2. The smallest absolute Gasteiger partial charge is 0.00851 e. The highest BCUT2D eigenvalue weighted by Gasteiger charge is 2.58. The lowest BCUT2D eigenvalue weighted by Gasteiger charge is -2.58. The molecule has 0 amide bonds. The van der Waals surface area contributed by atoms with E-state index in [1.54, 1.807) is 0 Å². The molecule has 3 fully saturated rings. The first kappa shape index (κ1) is 17.2. The average molecular weight is 328 g/mol. The second kappa shape index (κ2) is 6.17. The lowest BCUT2D eigenvalue weighted by Crippen LogP contribution is -2.50. The molecule has 0 heterocycles. The van der Waals surface area contributed by atoms with Crippen molar-refractivity contribution in [3.8, 4) is 0 Å². The lowest BCUT2D eigenvalue weighted by atomic mass is 9.47. The Morgan fingerprint density at radius 2 is 1.96 bits per heavy atom. The molecule has 7 atom stereocenters. The zero-order valence-corrected chi connectivity index (χ0v) is 16.6. The summed E-state index contributed by atoms with van der Waals surface area (Å²) in [6.07, 6.45) is 19.6. The minimum Gasteiger partial charge on any atom is -0.0845 e. The van der Waals surface area contributed by atoms with Crippen molar-refractivity contribution in [2.75, 3.05) is 0 Å². The van der Waals surface area contributed by atoms with E-state index in [-0.39, 0.29) is 0 Å². The van der Waals surface area contributed by atoms with E-state index in [4.69, 9.17) is 0 Å². The number of fused-ring (bicyclic) bond motifs is 5. The second-order valence-corrected chi connectivity index (χ2v) is 10.3. The fourth-order valence-electron chi connectivity index (χ4n) is 8.11. The molecule has 135 valence electrons. The molecule has 4 aliphatic rings. The Bertz CT molecular complexity index is 502. The number of rotatable bonds is 3. The van der Waals surface area contributed by atoms with Crippen molar-refractivity contribution in [3.63, 3.8) is 0 Å². The van der Waals surface area contributed by atoms with Crippen LogP contribution >= 0.6 is 0 Å². The molecule has 0 aromatic heterocycles. The molecule has 1 radical (unpaired) electrons. The Hall–Kier alpha value is -0.260. The van der Waals surface area contributed by atoms with E-state index < -0.39 is 0 Å². The molecule has 3 saturated carbocycles. The molecule has 0 nitrogen and oxygen atoms in total. The van der Waals surface area contributed by atoms with Gasteiger partial charge in [0.05, 0.1) is 0 Å². The fraction of sp³-hybridized carbons (Fsp3) is 0.875. The van der Waals surface area contributed by atoms with Crippen LogP contribution in [0.2, 0.25) is 0 Å². The SMILES string of the molecule is CCC[C@@H](C)[C@H]1CC[C@H]2[C@@H]3CC=C4C[CH]CC[C@]4(C)[C@H]3CC[C@]12C. The molecule has 4 rings (SSSR count). The van der Waals surface area contributed by atoms with Gasteiger partial charge in [0.2, 0.25) is 0 Å². The Balaban J connectivity index is 1.60.